The fraction of sp³-hybridized carbons (Fsp3) is 0.200. The first-order chi connectivity index (χ1) is 13.6. The molecule has 1 aliphatic heterocycles. The molecule has 142 valence electrons. The molecule has 28 heavy (non-hydrogen) atoms. The van der Waals surface area contributed by atoms with E-state index in [2.05, 4.69) is 10.1 Å². The maximum atomic E-state index is 14.8. The number of nitrogens with zero attached hydrogens (tertiary/aromatic N) is 3. The molecule has 2 aromatic carbocycles. The number of aromatic amines is 1. The lowest BCUT2D eigenvalue weighted by atomic mass is 10.0. The third-order valence-electron chi connectivity index (χ3n) is 4.71. The van der Waals surface area contributed by atoms with Gasteiger partial charge in [-0.05, 0) is 35.2 Å². The van der Waals surface area contributed by atoms with Gasteiger partial charge >= 0.3 is 11.3 Å². The molecule has 0 bridgehead atoms. The van der Waals surface area contributed by atoms with Crippen molar-refractivity contribution < 1.29 is 13.9 Å². The summed E-state index contributed by atoms with van der Waals surface area (Å²) in [6.45, 7) is 1.75. The van der Waals surface area contributed by atoms with Gasteiger partial charge in [0, 0.05) is 11.5 Å². The smallest absolute Gasteiger partial charge is 0.291 e. The molecule has 1 aliphatic rings. The number of nitrogens with one attached hydrogen (secondary N) is 1. The van der Waals surface area contributed by atoms with Crippen LogP contribution in [-0.2, 0) is 4.79 Å². The van der Waals surface area contributed by atoms with Crippen LogP contribution in [0.15, 0.2) is 58.5 Å². The van der Waals surface area contributed by atoms with Gasteiger partial charge in [0.1, 0.15) is 5.82 Å². The lowest BCUT2D eigenvalue weighted by molar-refractivity contribution is -0.763. The van der Waals surface area contributed by atoms with Crippen molar-refractivity contribution in [1.29, 1.82) is 0 Å². The third-order valence-corrected chi connectivity index (χ3v) is 5.28. The van der Waals surface area contributed by atoms with Gasteiger partial charge in [-0.15, -0.1) is 0 Å². The van der Waals surface area contributed by atoms with E-state index in [1.807, 2.05) is 0 Å². The van der Waals surface area contributed by atoms with Gasteiger partial charge in [-0.3, -0.25) is 14.6 Å². The maximum Gasteiger partial charge on any atom is 0.325 e. The molecule has 0 aliphatic carbocycles. The Kier molecular flexibility index (Phi) is 4.72. The summed E-state index contributed by atoms with van der Waals surface area (Å²) in [5, 5.41) is 4.91. The molecule has 0 spiro atoms. The number of carbonyl (C=O) groups is 1. The predicted octanol–water partition coefficient (Wildman–Crippen LogP) is 2.89. The van der Waals surface area contributed by atoms with Crippen molar-refractivity contribution in [1.82, 2.24) is 10.1 Å². The van der Waals surface area contributed by atoms with E-state index in [9.17, 15) is 14.0 Å². The van der Waals surface area contributed by atoms with Crippen LogP contribution in [0, 0.1) is 5.82 Å². The van der Waals surface area contributed by atoms with Crippen LogP contribution in [0.2, 0.25) is 0 Å². The number of anilines is 1. The van der Waals surface area contributed by atoms with Crippen molar-refractivity contribution >= 4 is 23.4 Å². The van der Waals surface area contributed by atoms with Crippen molar-refractivity contribution in [3.8, 4) is 11.3 Å². The lowest BCUT2D eigenvalue weighted by Gasteiger charge is -2.32. The zero-order valence-electron chi connectivity index (χ0n) is 15.3. The first kappa shape index (κ1) is 18.4. The largest absolute Gasteiger partial charge is 0.325 e. The predicted molar refractivity (Wildman–Crippen MR) is 105 cm³/mol. The Hall–Kier alpha value is -3.00. The van der Waals surface area contributed by atoms with E-state index in [1.165, 1.54) is 27.4 Å². The molecule has 0 saturated carbocycles. The summed E-state index contributed by atoms with van der Waals surface area (Å²) < 4.78 is 16.3. The van der Waals surface area contributed by atoms with Crippen LogP contribution in [0.1, 0.15) is 25.1 Å². The van der Waals surface area contributed by atoms with Crippen molar-refractivity contribution in [2.75, 3.05) is 11.2 Å². The number of benzene rings is 2. The number of rotatable bonds is 3. The first-order valence-corrected chi connectivity index (χ1v) is 10.0. The Labute approximate surface area is 165 Å². The average molecular weight is 397 g/mol. The number of hydrogen-bond acceptors (Lipinski definition) is 4. The summed E-state index contributed by atoms with van der Waals surface area (Å²) in [4.78, 5) is 30.1. The number of amides is 1. The summed E-state index contributed by atoms with van der Waals surface area (Å²) >= 11 is 1.27. The highest BCUT2D eigenvalue weighted by molar-refractivity contribution is 7.98. The number of carbonyl (C=O) groups excluding carboxylic acids is 1. The Morgan fingerprint density at radius 2 is 1.96 bits per heavy atom. The van der Waals surface area contributed by atoms with E-state index >= 15 is 0 Å². The minimum atomic E-state index is -0.897. The standard InChI is InChI=1S/C20H17FN4O2S/c1-3-16(26)24-15-11-7-5-9-13(15)17-18(27)22-20(28-2)23-25(17)19(24)12-8-4-6-10-14(12)21/h4-11,19H,3H2,1-2H3/p+1/t19-/m1/s1. The monoisotopic (exact) mass is 397 g/mol. The number of thioether (sulfide) groups is 1. The normalized spacial score (nSPS) is 15.1. The van der Waals surface area contributed by atoms with E-state index in [0.717, 1.165) is 0 Å². The number of halogens is 1. The maximum absolute atomic E-state index is 14.8. The molecule has 3 aromatic rings. The quantitative estimate of drug-likeness (QED) is 0.545. The molecule has 6 nitrogen and oxygen atoms in total. The Morgan fingerprint density at radius 1 is 1.25 bits per heavy atom. The second-order valence-electron chi connectivity index (χ2n) is 6.29. The van der Waals surface area contributed by atoms with E-state index in [4.69, 9.17) is 0 Å². The van der Waals surface area contributed by atoms with Crippen molar-refractivity contribution in [2.24, 2.45) is 0 Å². The second kappa shape index (κ2) is 7.20. The summed E-state index contributed by atoms with van der Waals surface area (Å²) in [5.74, 6) is -0.654. The van der Waals surface area contributed by atoms with Crippen molar-refractivity contribution in [3.05, 3.63) is 70.3 Å². The highest BCUT2D eigenvalue weighted by Gasteiger charge is 2.46. The fourth-order valence-electron chi connectivity index (χ4n) is 3.47. The van der Waals surface area contributed by atoms with E-state index in [0.29, 0.717) is 22.1 Å². The summed E-state index contributed by atoms with van der Waals surface area (Å²) in [5.41, 5.74) is 1.37. The summed E-state index contributed by atoms with van der Waals surface area (Å²) in [7, 11) is 0. The minimum absolute atomic E-state index is 0.188. The summed E-state index contributed by atoms with van der Waals surface area (Å²) in [6, 6.07) is 13.4. The van der Waals surface area contributed by atoms with Crippen LogP contribution in [0.25, 0.3) is 11.3 Å². The van der Waals surface area contributed by atoms with Crippen LogP contribution in [-0.4, -0.2) is 22.2 Å². The Bertz CT molecular complexity index is 1130. The van der Waals surface area contributed by atoms with E-state index < -0.39 is 12.0 Å². The number of H-pyrrole nitrogens is 1. The molecule has 1 atom stereocenters. The molecule has 1 aromatic heterocycles. The zero-order chi connectivity index (χ0) is 19.8. The SMILES string of the molecule is CCC(=O)N1c2ccccc2-c2c(=O)[nH]c(SC)n[n+]2[C@@H]1c1ccccc1F. The molecule has 0 saturated heterocycles. The lowest BCUT2D eigenvalue weighted by Crippen LogP contribution is -2.61. The van der Waals surface area contributed by atoms with E-state index in [1.54, 1.807) is 55.6 Å². The minimum Gasteiger partial charge on any atom is -0.291 e. The molecule has 0 fully saturated rings. The second-order valence-corrected chi connectivity index (χ2v) is 7.08. The molecule has 0 unspecified atom stereocenters. The average Bonchev–Trinajstić information content (AvgIpc) is 2.72. The highest BCUT2D eigenvalue weighted by Crippen LogP contribution is 2.38. The van der Waals surface area contributed by atoms with E-state index in [-0.39, 0.29) is 23.5 Å². The van der Waals surface area contributed by atoms with Crippen LogP contribution in [0.5, 0.6) is 0 Å². The van der Waals surface area contributed by atoms with Crippen LogP contribution in [0.4, 0.5) is 10.1 Å². The number of para-hydroxylation sites is 1. The van der Waals surface area contributed by atoms with Gasteiger partial charge < -0.3 is 0 Å². The Balaban J connectivity index is 2.12. The van der Waals surface area contributed by atoms with Gasteiger partial charge in [-0.1, -0.05) is 43.0 Å². The summed E-state index contributed by atoms with van der Waals surface area (Å²) in [6.07, 6.45) is 1.12. The molecule has 1 N–H and O–H groups in total. The van der Waals surface area contributed by atoms with Crippen LogP contribution >= 0.6 is 11.8 Å². The number of hydrogen-bond donors (Lipinski definition) is 1. The molecular formula is C20H18FN4O2S+. The molecule has 1 amide bonds. The Morgan fingerprint density at radius 3 is 2.68 bits per heavy atom. The van der Waals surface area contributed by atoms with Gasteiger partial charge in [0.2, 0.25) is 11.1 Å². The molecule has 8 heteroatoms. The van der Waals surface area contributed by atoms with Crippen LogP contribution < -0.4 is 15.1 Å². The molecule has 2 heterocycles. The third kappa shape index (κ3) is 2.80. The number of fused-ring (bicyclic) bond motifs is 3. The van der Waals surface area contributed by atoms with Gasteiger partial charge in [0.25, 0.3) is 6.17 Å². The highest BCUT2D eigenvalue weighted by atomic mass is 32.2. The zero-order valence-corrected chi connectivity index (χ0v) is 16.2. The topological polar surface area (TPSA) is 69.9 Å². The van der Waals surface area contributed by atoms with Gasteiger partial charge in [-0.2, -0.15) is 0 Å². The molecule has 0 radical (unpaired) electrons. The van der Waals surface area contributed by atoms with Gasteiger partial charge in [0.15, 0.2) is 0 Å². The first-order valence-electron chi connectivity index (χ1n) is 8.82. The molecular weight excluding hydrogens is 379 g/mol. The molecule has 4 rings (SSSR count). The van der Waals surface area contributed by atoms with Gasteiger partial charge in [0.05, 0.1) is 16.8 Å². The fourth-order valence-corrected chi connectivity index (χ4v) is 3.83. The van der Waals surface area contributed by atoms with Gasteiger partial charge in [-0.25, -0.2) is 9.29 Å². The van der Waals surface area contributed by atoms with Crippen molar-refractivity contribution in [3.63, 3.8) is 0 Å². The number of aromatic nitrogens is 3. The van der Waals surface area contributed by atoms with Crippen LogP contribution in [0.3, 0.4) is 0 Å². The van der Waals surface area contributed by atoms with Crippen molar-refractivity contribution in [2.45, 2.75) is 24.7 Å².